The molecule has 0 N–H and O–H groups in total. The maximum Gasteiger partial charge on any atom is 0.573 e. The summed E-state index contributed by atoms with van der Waals surface area (Å²) in [6.45, 7) is 0. The first-order valence-electron chi connectivity index (χ1n) is 15.5. The van der Waals surface area contributed by atoms with Crippen LogP contribution in [0.5, 0.6) is 5.75 Å². The van der Waals surface area contributed by atoms with Crippen LogP contribution in [0.25, 0.3) is 38.4 Å². The average molecular weight is 611 g/mol. The Morgan fingerprint density at radius 3 is 2.35 bits per heavy atom. The fourth-order valence-electron chi connectivity index (χ4n) is 7.19. The zero-order chi connectivity index (χ0) is 31.3. The molecule has 1 aromatic heterocycles. The van der Waals surface area contributed by atoms with Crippen molar-refractivity contribution in [2.75, 3.05) is 0 Å². The van der Waals surface area contributed by atoms with Crippen LogP contribution in [-0.2, 0) is 12.8 Å². The molecule has 226 valence electrons. The van der Waals surface area contributed by atoms with E-state index >= 15 is 0 Å². The summed E-state index contributed by atoms with van der Waals surface area (Å²) in [5.74, 6) is -0.114. The van der Waals surface area contributed by atoms with Crippen molar-refractivity contribution in [2.45, 2.75) is 38.0 Å². The molecule has 0 bridgehead atoms. The first-order chi connectivity index (χ1) is 22.4. The number of hydrogen-bond donors (Lipinski definition) is 0. The van der Waals surface area contributed by atoms with Gasteiger partial charge in [0.2, 0.25) is 0 Å². The number of halogens is 3. The first kappa shape index (κ1) is 28.3. The van der Waals surface area contributed by atoms with E-state index in [-0.39, 0.29) is 11.7 Å². The normalized spacial score (nSPS) is 16.0. The van der Waals surface area contributed by atoms with Gasteiger partial charge in [-0.05, 0) is 99.7 Å². The average Bonchev–Trinajstić information content (AvgIpc) is 3.08. The molecule has 6 aromatic rings. The van der Waals surface area contributed by atoms with Crippen molar-refractivity contribution in [3.63, 3.8) is 0 Å². The van der Waals surface area contributed by atoms with Crippen molar-refractivity contribution in [3.05, 3.63) is 155 Å². The predicted octanol–water partition coefficient (Wildman–Crippen LogP) is 10.4. The molecule has 0 fully saturated rings. The number of benzene rings is 5. The van der Waals surface area contributed by atoms with Crippen LogP contribution in [0.15, 0.2) is 127 Å². The van der Waals surface area contributed by atoms with E-state index in [1.165, 1.54) is 39.8 Å². The van der Waals surface area contributed by atoms with Gasteiger partial charge >= 0.3 is 6.36 Å². The third kappa shape index (κ3) is 5.24. The molecule has 6 heteroatoms. The quantitative estimate of drug-likeness (QED) is 0.195. The second-order valence-corrected chi connectivity index (χ2v) is 12.0. The molecule has 46 heavy (non-hydrogen) atoms. The third-order valence-electron chi connectivity index (χ3n) is 9.25. The molecular formula is C40H29F3N2O. The molecule has 8 rings (SSSR count). The van der Waals surface area contributed by atoms with Gasteiger partial charge in [-0.3, -0.25) is 0 Å². The molecule has 3 nitrogen and oxygen atoms in total. The topological polar surface area (TPSA) is 35.0 Å². The standard InChI is InChI=1S/C40H29F3N2O/c41-40(42,43)46-28-16-14-26(15-17-28)29-18-19-34-33(35(29)22-25-8-2-1-3-9-25)21-20-32-30-11-5-6-12-31(30)37(24-36(32)34)39-23-27-10-4-7-13-38(27)44-45-39/h1-5,7-11,13-21,23,37H,6,12,22,24H2. The number of hydrogen-bond acceptors (Lipinski definition) is 3. The molecule has 0 radical (unpaired) electrons. The fraction of sp³-hybridized carbons (Fsp3) is 0.150. The summed E-state index contributed by atoms with van der Waals surface area (Å²) >= 11 is 0. The molecule has 0 spiro atoms. The molecule has 2 aliphatic rings. The Morgan fingerprint density at radius 1 is 0.761 bits per heavy atom. The number of nitrogens with zero attached hydrogens (tertiary/aromatic N) is 2. The molecule has 1 atom stereocenters. The second-order valence-electron chi connectivity index (χ2n) is 12.0. The van der Waals surface area contributed by atoms with E-state index in [9.17, 15) is 13.2 Å². The molecule has 0 saturated carbocycles. The zero-order valence-electron chi connectivity index (χ0n) is 24.9. The van der Waals surface area contributed by atoms with E-state index in [1.54, 1.807) is 12.1 Å². The third-order valence-corrected chi connectivity index (χ3v) is 9.25. The second kappa shape index (κ2) is 11.3. The van der Waals surface area contributed by atoms with Crippen LogP contribution in [0.3, 0.4) is 0 Å². The van der Waals surface area contributed by atoms with Gasteiger partial charge in [-0.15, -0.1) is 13.2 Å². The van der Waals surface area contributed by atoms with E-state index in [0.717, 1.165) is 63.5 Å². The van der Waals surface area contributed by atoms with Gasteiger partial charge in [0, 0.05) is 11.3 Å². The number of ether oxygens (including phenoxy) is 1. The molecule has 0 amide bonds. The lowest BCUT2D eigenvalue weighted by molar-refractivity contribution is -0.274. The SMILES string of the molecule is FC(F)(F)Oc1ccc(-c2ccc3c4c(ccc3c2Cc2ccccc2)C2=C(CCC=C2)C(c2cc3ccccc3nn2)C4)cc1. The van der Waals surface area contributed by atoms with Gasteiger partial charge in [0.15, 0.2) is 0 Å². The molecule has 2 aliphatic carbocycles. The molecular weight excluding hydrogens is 581 g/mol. The van der Waals surface area contributed by atoms with Crippen LogP contribution in [0, 0.1) is 0 Å². The summed E-state index contributed by atoms with van der Waals surface area (Å²) in [5.41, 5.74) is 11.3. The van der Waals surface area contributed by atoms with Crippen LogP contribution in [0.2, 0.25) is 0 Å². The van der Waals surface area contributed by atoms with Crippen molar-refractivity contribution in [1.82, 2.24) is 10.2 Å². The number of rotatable bonds is 5. The number of allylic oxidation sites excluding steroid dienone is 4. The van der Waals surface area contributed by atoms with Crippen molar-refractivity contribution in [2.24, 2.45) is 0 Å². The highest BCUT2D eigenvalue weighted by Gasteiger charge is 2.32. The number of fused-ring (bicyclic) bond motifs is 5. The van der Waals surface area contributed by atoms with Crippen LogP contribution in [-0.4, -0.2) is 16.6 Å². The molecule has 1 heterocycles. The van der Waals surface area contributed by atoms with Gasteiger partial charge in [-0.25, -0.2) is 0 Å². The van der Waals surface area contributed by atoms with Crippen LogP contribution in [0.1, 0.15) is 46.7 Å². The van der Waals surface area contributed by atoms with Gasteiger partial charge in [-0.2, -0.15) is 10.2 Å². The molecule has 5 aromatic carbocycles. The Hall–Kier alpha value is -5.23. The summed E-state index contributed by atoms with van der Waals surface area (Å²) in [4.78, 5) is 0. The van der Waals surface area contributed by atoms with Crippen LogP contribution in [0.4, 0.5) is 13.2 Å². The van der Waals surface area contributed by atoms with Crippen LogP contribution < -0.4 is 4.74 Å². The monoisotopic (exact) mass is 610 g/mol. The molecule has 1 unspecified atom stereocenters. The molecule has 0 saturated heterocycles. The minimum absolute atomic E-state index is 0.119. The zero-order valence-corrected chi connectivity index (χ0v) is 24.9. The Kier molecular flexibility index (Phi) is 6.93. The van der Waals surface area contributed by atoms with Crippen molar-refractivity contribution in [1.29, 1.82) is 0 Å². The van der Waals surface area contributed by atoms with Gasteiger partial charge in [-0.1, -0.05) is 103 Å². The smallest absolute Gasteiger partial charge is 0.406 e. The minimum Gasteiger partial charge on any atom is -0.406 e. The first-order valence-corrected chi connectivity index (χ1v) is 15.5. The fourth-order valence-corrected chi connectivity index (χ4v) is 7.19. The van der Waals surface area contributed by atoms with E-state index in [2.05, 4.69) is 70.5 Å². The van der Waals surface area contributed by atoms with Gasteiger partial charge in [0.1, 0.15) is 5.75 Å². The summed E-state index contributed by atoms with van der Waals surface area (Å²) in [7, 11) is 0. The Balaban J connectivity index is 1.29. The lowest BCUT2D eigenvalue weighted by Gasteiger charge is -2.32. The minimum atomic E-state index is -4.73. The van der Waals surface area contributed by atoms with Gasteiger partial charge < -0.3 is 4.74 Å². The van der Waals surface area contributed by atoms with Crippen molar-refractivity contribution >= 4 is 27.2 Å². The predicted molar refractivity (Wildman–Crippen MR) is 177 cm³/mol. The Morgan fingerprint density at radius 2 is 1.52 bits per heavy atom. The summed E-state index contributed by atoms with van der Waals surface area (Å²) in [5, 5.41) is 12.7. The highest BCUT2D eigenvalue weighted by Crippen LogP contribution is 2.47. The van der Waals surface area contributed by atoms with E-state index < -0.39 is 6.36 Å². The Bertz CT molecular complexity index is 2170. The van der Waals surface area contributed by atoms with Gasteiger partial charge in [0.25, 0.3) is 0 Å². The number of aromatic nitrogens is 2. The molecule has 0 aliphatic heterocycles. The largest absolute Gasteiger partial charge is 0.573 e. The van der Waals surface area contributed by atoms with Crippen LogP contribution >= 0.6 is 0 Å². The number of alkyl halides is 3. The maximum absolute atomic E-state index is 12.9. The van der Waals surface area contributed by atoms with Crippen molar-refractivity contribution in [3.8, 4) is 16.9 Å². The Labute approximate surface area is 264 Å². The summed E-state index contributed by atoms with van der Waals surface area (Å²) < 4.78 is 42.7. The van der Waals surface area contributed by atoms with E-state index in [1.807, 2.05) is 36.4 Å². The highest BCUT2D eigenvalue weighted by molar-refractivity contribution is 5.99. The maximum atomic E-state index is 12.9. The highest BCUT2D eigenvalue weighted by atomic mass is 19.4. The summed E-state index contributed by atoms with van der Waals surface area (Å²) in [6.07, 6.45) is 3.30. The summed E-state index contributed by atoms with van der Waals surface area (Å²) in [6, 6.07) is 35.5. The van der Waals surface area contributed by atoms with E-state index in [4.69, 9.17) is 5.10 Å². The van der Waals surface area contributed by atoms with Gasteiger partial charge in [0.05, 0.1) is 11.2 Å². The lowest BCUT2D eigenvalue weighted by Crippen LogP contribution is -2.18. The van der Waals surface area contributed by atoms with E-state index in [0.29, 0.717) is 6.42 Å². The van der Waals surface area contributed by atoms with Crippen molar-refractivity contribution < 1.29 is 17.9 Å². The lowest BCUT2D eigenvalue weighted by atomic mass is 9.72.